The van der Waals surface area contributed by atoms with Crippen molar-refractivity contribution in [2.75, 3.05) is 13.2 Å². The Kier molecular flexibility index (Phi) is 8.37. The van der Waals surface area contributed by atoms with Gasteiger partial charge in [0.25, 0.3) is 0 Å². The number of nitrogens with two attached hydrogens (primary N) is 1. The maximum Gasteiger partial charge on any atom is 0.223 e. The summed E-state index contributed by atoms with van der Waals surface area (Å²) >= 11 is 0. The molecular formula is C17H27ClN2O3. The Morgan fingerprint density at radius 3 is 2.96 bits per heavy atom. The number of ether oxygens (including phenoxy) is 1. The van der Waals surface area contributed by atoms with Crippen molar-refractivity contribution in [3.05, 3.63) is 29.8 Å². The van der Waals surface area contributed by atoms with Gasteiger partial charge in [0.1, 0.15) is 18.5 Å². The molecule has 0 aromatic heterocycles. The van der Waals surface area contributed by atoms with Crippen molar-refractivity contribution in [2.45, 2.75) is 44.8 Å². The lowest BCUT2D eigenvalue weighted by atomic mass is 9.85. The van der Waals surface area contributed by atoms with E-state index in [1.807, 2.05) is 31.2 Å². The number of nitrogens with one attached hydrogen (secondary N) is 1. The first-order chi connectivity index (χ1) is 10.5. The van der Waals surface area contributed by atoms with Crippen LogP contribution < -0.4 is 15.8 Å². The Morgan fingerprint density at radius 1 is 1.48 bits per heavy atom. The zero-order valence-electron chi connectivity index (χ0n) is 13.5. The molecule has 3 unspecified atom stereocenters. The second-order valence-corrected chi connectivity index (χ2v) is 6.15. The Morgan fingerprint density at radius 2 is 2.26 bits per heavy atom. The monoisotopic (exact) mass is 342 g/mol. The van der Waals surface area contributed by atoms with Crippen LogP contribution in [0.2, 0.25) is 0 Å². The van der Waals surface area contributed by atoms with Gasteiger partial charge in [0.05, 0.1) is 0 Å². The van der Waals surface area contributed by atoms with Crippen LogP contribution in [0.4, 0.5) is 0 Å². The maximum atomic E-state index is 12.0. The normalized spacial score (nSPS) is 21.9. The molecule has 3 atom stereocenters. The van der Waals surface area contributed by atoms with E-state index in [-0.39, 0.29) is 43.4 Å². The summed E-state index contributed by atoms with van der Waals surface area (Å²) in [7, 11) is 0. The van der Waals surface area contributed by atoms with Crippen molar-refractivity contribution in [3.63, 3.8) is 0 Å². The van der Waals surface area contributed by atoms with Gasteiger partial charge in [-0.05, 0) is 43.9 Å². The number of amides is 1. The number of aryl methyl sites for hydroxylation is 1. The highest BCUT2D eigenvalue weighted by Crippen LogP contribution is 2.23. The zero-order valence-corrected chi connectivity index (χ0v) is 14.3. The third-order valence-corrected chi connectivity index (χ3v) is 4.03. The molecule has 1 aliphatic rings. The minimum atomic E-state index is -0.721. The molecule has 0 heterocycles. The van der Waals surface area contributed by atoms with Crippen LogP contribution in [0.5, 0.6) is 5.75 Å². The maximum absolute atomic E-state index is 12.0. The number of hydrogen-bond donors (Lipinski definition) is 3. The molecule has 6 heteroatoms. The van der Waals surface area contributed by atoms with E-state index in [0.717, 1.165) is 37.0 Å². The fourth-order valence-electron chi connectivity index (χ4n) is 2.78. The molecule has 1 aromatic carbocycles. The summed E-state index contributed by atoms with van der Waals surface area (Å²) in [6, 6.07) is 7.78. The highest BCUT2D eigenvalue weighted by atomic mass is 35.5. The largest absolute Gasteiger partial charge is 0.491 e. The molecule has 1 amide bonds. The summed E-state index contributed by atoms with van der Waals surface area (Å²) < 4.78 is 5.52. The van der Waals surface area contributed by atoms with Crippen LogP contribution in [-0.4, -0.2) is 36.3 Å². The highest BCUT2D eigenvalue weighted by Gasteiger charge is 2.25. The Labute approximate surface area is 144 Å². The lowest BCUT2D eigenvalue weighted by Crippen LogP contribution is -2.41. The number of aliphatic hydroxyl groups is 1. The van der Waals surface area contributed by atoms with Gasteiger partial charge in [-0.3, -0.25) is 4.79 Å². The number of aliphatic hydroxyl groups excluding tert-OH is 1. The second kappa shape index (κ2) is 9.75. The van der Waals surface area contributed by atoms with E-state index in [0.29, 0.717) is 0 Å². The second-order valence-electron chi connectivity index (χ2n) is 6.15. The Balaban J connectivity index is 0.00000264. The van der Waals surface area contributed by atoms with E-state index in [1.54, 1.807) is 0 Å². The molecule has 130 valence electrons. The first-order valence-corrected chi connectivity index (χ1v) is 7.95. The number of carbonyl (C=O) groups excluding carboxylic acids is 1. The van der Waals surface area contributed by atoms with Crippen LogP contribution in [0.3, 0.4) is 0 Å². The third-order valence-electron chi connectivity index (χ3n) is 4.03. The van der Waals surface area contributed by atoms with Gasteiger partial charge < -0.3 is 20.9 Å². The fraction of sp³-hybridized carbons (Fsp3) is 0.588. The third kappa shape index (κ3) is 6.77. The van der Waals surface area contributed by atoms with E-state index in [4.69, 9.17) is 10.5 Å². The molecule has 1 fully saturated rings. The summed E-state index contributed by atoms with van der Waals surface area (Å²) in [6.45, 7) is 2.35. The molecule has 23 heavy (non-hydrogen) atoms. The molecule has 5 nitrogen and oxygen atoms in total. The number of benzene rings is 1. The Hall–Kier alpha value is -1.30. The van der Waals surface area contributed by atoms with E-state index in [9.17, 15) is 9.90 Å². The van der Waals surface area contributed by atoms with E-state index >= 15 is 0 Å². The minimum Gasteiger partial charge on any atom is -0.491 e. The molecule has 0 radical (unpaired) electrons. The summed E-state index contributed by atoms with van der Waals surface area (Å²) in [4.78, 5) is 12.0. The van der Waals surface area contributed by atoms with Crippen molar-refractivity contribution in [1.82, 2.24) is 5.32 Å². The van der Waals surface area contributed by atoms with Crippen molar-refractivity contribution >= 4 is 18.3 Å². The van der Waals surface area contributed by atoms with Gasteiger partial charge in [-0.2, -0.15) is 0 Å². The number of hydrogen-bond acceptors (Lipinski definition) is 4. The lowest BCUT2D eigenvalue weighted by molar-refractivity contribution is -0.126. The van der Waals surface area contributed by atoms with Crippen LogP contribution in [0, 0.1) is 12.8 Å². The van der Waals surface area contributed by atoms with E-state index in [1.165, 1.54) is 0 Å². The van der Waals surface area contributed by atoms with Crippen LogP contribution >= 0.6 is 12.4 Å². The van der Waals surface area contributed by atoms with Gasteiger partial charge in [-0.1, -0.05) is 18.6 Å². The minimum absolute atomic E-state index is 0. The molecule has 0 saturated heterocycles. The topological polar surface area (TPSA) is 84.6 Å². The van der Waals surface area contributed by atoms with Crippen molar-refractivity contribution < 1.29 is 14.6 Å². The molecule has 2 rings (SSSR count). The van der Waals surface area contributed by atoms with Crippen LogP contribution in [0.15, 0.2) is 24.3 Å². The van der Waals surface area contributed by atoms with Crippen LogP contribution in [0.25, 0.3) is 0 Å². The van der Waals surface area contributed by atoms with Gasteiger partial charge in [0.2, 0.25) is 5.91 Å². The average Bonchev–Trinajstić information content (AvgIpc) is 2.50. The molecule has 0 spiro atoms. The predicted octanol–water partition coefficient (Wildman–Crippen LogP) is 1.79. The van der Waals surface area contributed by atoms with Crippen LogP contribution in [-0.2, 0) is 4.79 Å². The molecule has 0 aliphatic heterocycles. The summed E-state index contributed by atoms with van der Waals surface area (Å²) in [5.41, 5.74) is 7.00. The van der Waals surface area contributed by atoms with Gasteiger partial charge in [0, 0.05) is 18.5 Å². The lowest BCUT2D eigenvalue weighted by Gasteiger charge is -2.26. The molecular weight excluding hydrogens is 316 g/mol. The molecule has 1 aliphatic carbocycles. The van der Waals surface area contributed by atoms with E-state index in [2.05, 4.69) is 5.32 Å². The quantitative estimate of drug-likeness (QED) is 0.736. The smallest absolute Gasteiger partial charge is 0.223 e. The SMILES string of the molecule is Cc1cccc(OCC(O)CNC(=O)C2CCCC(N)C2)c1.Cl. The fourth-order valence-corrected chi connectivity index (χ4v) is 2.78. The highest BCUT2D eigenvalue weighted by molar-refractivity contribution is 5.85. The number of rotatable bonds is 6. The first-order valence-electron chi connectivity index (χ1n) is 7.95. The molecule has 4 N–H and O–H groups in total. The average molecular weight is 343 g/mol. The zero-order chi connectivity index (χ0) is 15.9. The van der Waals surface area contributed by atoms with Crippen molar-refractivity contribution in [3.8, 4) is 5.75 Å². The number of halogens is 1. The van der Waals surface area contributed by atoms with E-state index < -0.39 is 6.10 Å². The van der Waals surface area contributed by atoms with Crippen molar-refractivity contribution in [1.29, 1.82) is 0 Å². The summed E-state index contributed by atoms with van der Waals surface area (Å²) in [6.07, 6.45) is 2.90. The molecule has 1 aromatic rings. The van der Waals surface area contributed by atoms with Gasteiger partial charge >= 0.3 is 0 Å². The molecule has 0 bridgehead atoms. The van der Waals surface area contributed by atoms with Crippen molar-refractivity contribution in [2.24, 2.45) is 11.7 Å². The van der Waals surface area contributed by atoms with Gasteiger partial charge in [0.15, 0.2) is 0 Å². The summed E-state index contributed by atoms with van der Waals surface area (Å²) in [5, 5.41) is 12.7. The number of carbonyl (C=O) groups is 1. The predicted molar refractivity (Wildman–Crippen MR) is 92.9 cm³/mol. The summed E-state index contributed by atoms with van der Waals surface area (Å²) in [5.74, 6) is 0.696. The first kappa shape index (κ1) is 19.7. The van der Waals surface area contributed by atoms with Gasteiger partial charge in [-0.25, -0.2) is 0 Å². The Bertz CT molecular complexity index is 498. The molecule has 1 saturated carbocycles. The standard InChI is InChI=1S/C17H26N2O3.ClH/c1-12-4-2-7-16(8-12)22-11-15(20)10-19-17(21)13-5-3-6-14(18)9-13;/h2,4,7-8,13-15,20H,3,5-6,9-11,18H2,1H3,(H,19,21);1H. The van der Waals surface area contributed by atoms with Crippen LogP contribution in [0.1, 0.15) is 31.2 Å². The van der Waals surface area contributed by atoms with Gasteiger partial charge in [-0.15, -0.1) is 12.4 Å².